The van der Waals surface area contributed by atoms with Crippen molar-refractivity contribution >= 4 is 18.4 Å². The Bertz CT molecular complexity index is 465. The molecule has 1 aliphatic rings. The first-order valence-corrected chi connectivity index (χ1v) is 6.54. The second-order valence-electron chi connectivity index (χ2n) is 4.24. The second kappa shape index (κ2) is 5.41. The quantitative estimate of drug-likeness (QED) is 0.635. The number of Topliss-reactive ketones (excluding diaryl/α,β-unsaturated/α-hetero) is 1. The van der Waals surface area contributed by atoms with E-state index in [1.54, 1.807) is 0 Å². The van der Waals surface area contributed by atoms with Crippen molar-refractivity contribution in [2.24, 2.45) is 0 Å². The first kappa shape index (κ1) is 12.2. The van der Waals surface area contributed by atoms with Gasteiger partial charge in [-0.1, -0.05) is 24.3 Å². The Hall–Kier alpha value is -1.22. The lowest BCUT2D eigenvalue weighted by Gasteiger charge is -2.20. The smallest absolute Gasteiger partial charge is 0.191 e. The van der Waals surface area contributed by atoms with E-state index < -0.39 is 0 Å². The second-order valence-corrected chi connectivity index (χ2v) is 4.69. The zero-order valence-electron chi connectivity index (χ0n) is 9.99. The number of hydrogen-bond donors (Lipinski definition) is 2. The molecule has 0 heterocycles. The summed E-state index contributed by atoms with van der Waals surface area (Å²) >= 11 is 4.16. The van der Waals surface area contributed by atoms with E-state index in [1.165, 1.54) is 5.56 Å². The van der Waals surface area contributed by atoms with Gasteiger partial charge in [0.25, 0.3) is 0 Å². The lowest BCUT2D eigenvalue weighted by atomic mass is 9.86. The summed E-state index contributed by atoms with van der Waals surface area (Å²) in [7, 11) is 0. The van der Waals surface area contributed by atoms with Gasteiger partial charge in [0.2, 0.25) is 0 Å². The number of aryl methyl sites for hydroxylation is 1. The number of ketones is 1. The van der Waals surface area contributed by atoms with Crippen LogP contribution < -0.4 is 5.32 Å². The Labute approximate surface area is 108 Å². The number of carbonyl (C=O) groups excluding carboxylic acids is 1. The average Bonchev–Trinajstić information content (AvgIpc) is 2.37. The van der Waals surface area contributed by atoms with Crippen molar-refractivity contribution in [3.63, 3.8) is 0 Å². The van der Waals surface area contributed by atoms with Crippen molar-refractivity contribution in [3.8, 4) is 0 Å². The van der Waals surface area contributed by atoms with Gasteiger partial charge in [-0.3, -0.25) is 4.79 Å². The molecule has 0 spiro atoms. The molecular weight excluding hydrogens is 230 g/mol. The Kier molecular flexibility index (Phi) is 3.89. The number of allylic oxidation sites excluding steroid dienone is 2. The Morgan fingerprint density at radius 3 is 2.88 bits per heavy atom. The molecule has 0 fully saturated rings. The fourth-order valence-electron chi connectivity index (χ4n) is 2.20. The van der Waals surface area contributed by atoms with Crippen molar-refractivity contribution in [2.75, 3.05) is 12.3 Å². The van der Waals surface area contributed by atoms with Crippen LogP contribution >= 0.6 is 12.6 Å². The van der Waals surface area contributed by atoms with E-state index in [4.69, 9.17) is 0 Å². The highest BCUT2D eigenvalue weighted by Gasteiger charge is 2.22. The molecule has 2 nitrogen and oxygen atoms in total. The topological polar surface area (TPSA) is 29.1 Å². The molecule has 3 heteroatoms. The van der Waals surface area contributed by atoms with Gasteiger partial charge in [0.1, 0.15) is 0 Å². The van der Waals surface area contributed by atoms with Crippen molar-refractivity contribution in [3.05, 3.63) is 46.7 Å². The van der Waals surface area contributed by atoms with Crippen LogP contribution in [0.2, 0.25) is 0 Å². The Balaban J connectivity index is 2.28. The van der Waals surface area contributed by atoms with Crippen LogP contribution in [-0.4, -0.2) is 18.1 Å². The van der Waals surface area contributed by atoms with E-state index >= 15 is 0 Å². The molecule has 1 N–H and O–H groups in total. The zero-order valence-corrected chi connectivity index (χ0v) is 10.9. The van der Waals surface area contributed by atoms with Crippen LogP contribution in [0.15, 0.2) is 35.5 Å². The van der Waals surface area contributed by atoms with Crippen molar-refractivity contribution in [1.82, 2.24) is 5.32 Å². The molecule has 0 saturated heterocycles. The molecule has 90 valence electrons. The molecule has 0 aromatic heterocycles. The predicted octanol–water partition coefficient (Wildman–Crippen LogP) is 2.61. The van der Waals surface area contributed by atoms with Gasteiger partial charge in [-0.05, 0) is 25.3 Å². The van der Waals surface area contributed by atoms with E-state index in [1.807, 2.05) is 31.2 Å². The number of carbonyl (C=O) groups is 1. The van der Waals surface area contributed by atoms with Crippen LogP contribution in [0.1, 0.15) is 29.3 Å². The lowest BCUT2D eigenvalue weighted by Crippen LogP contribution is -2.22. The first-order chi connectivity index (χ1) is 8.24. The van der Waals surface area contributed by atoms with Crippen molar-refractivity contribution < 1.29 is 4.79 Å². The molecular formula is C14H17NOS. The summed E-state index contributed by atoms with van der Waals surface area (Å²) in [4.78, 5) is 12.3. The fraction of sp³-hybridized carbons (Fsp3) is 0.357. The normalized spacial score (nSPS) is 17.6. The third kappa shape index (κ3) is 2.55. The van der Waals surface area contributed by atoms with Gasteiger partial charge in [-0.15, -0.1) is 0 Å². The predicted molar refractivity (Wildman–Crippen MR) is 73.6 cm³/mol. The minimum Gasteiger partial charge on any atom is -0.387 e. The summed E-state index contributed by atoms with van der Waals surface area (Å²) in [5.41, 5.74) is 3.95. The summed E-state index contributed by atoms with van der Waals surface area (Å²) in [5.74, 6) is 0.950. The molecule has 2 rings (SSSR count). The fourth-order valence-corrected chi connectivity index (χ4v) is 2.32. The molecule has 0 unspecified atom stereocenters. The monoisotopic (exact) mass is 247 g/mol. The van der Waals surface area contributed by atoms with Crippen LogP contribution in [-0.2, 0) is 6.42 Å². The van der Waals surface area contributed by atoms with Crippen LogP contribution in [0.25, 0.3) is 0 Å². The van der Waals surface area contributed by atoms with Gasteiger partial charge in [0.15, 0.2) is 5.78 Å². The molecule has 0 amide bonds. The van der Waals surface area contributed by atoms with Crippen molar-refractivity contribution in [2.45, 2.75) is 19.8 Å². The van der Waals surface area contributed by atoms with E-state index in [0.29, 0.717) is 0 Å². The lowest BCUT2D eigenvalue weighted by molar-refractivity contribution is 0.102. The number of fused-ring (bicyclic) bond motifs is 1. The number of thiol groups is 1. The summed E-state index contributed by atoms with van der Waals surface area (Å²) in [6, 6.07) is 7.88. The third-order valence-electron chi connectivity index (χ3n) is 3.14. The molecule has 1 aliphatic carbocycles. The average molecular weight is 247 g/mol. The minimum atomic E-state index is 0.177. The summed E-state index contributed by atoms with van der Waals surface area (Å²) in [6.45, 7) is 2.78. The largest absolute Gasteiger partial charge is 0.387 e. The highest BCUT2D eigenvalue weighted by molar-refractivity contribution is 7.80. The third-order valence-corrected chi connectivity index (χ3v) is 3.36. The maximum atomic E-state index is 12.3. The molecule has 0 radical (unpaired) electrons. The van der Waals surface area contributed by atoms with E-state index in [9.17, 15) is 4.79 Å². The van der Waals surface area contributed by atoms with E-state index in [0.717, 1.165) is 42.0 Å². The highest BCUT2D eigenvalue weighted by atomic mass is 32.1. The molecule has 0 bridgehead atoms. The standard InChI is InChI=1S/C14H17NOS/c1-10(15-8-9-17)12-7-6-11-4-2-3-5-13(11)14(12)16/h2-5,15,17H,6-9H2,1H3/b12-10-. The SMILES string of the molecule is C/C(NCCS)=C1\CCc2ccccc2C1=O. The number of rotatable bonds is 3. The van der Waals surface area contributed by atoms with Gasteiger partial charge in [-0.25, -0.2) is 0 Å². The van der Waals surface area contributed by atoms with Crippen LogP contribution in [0, 0.1) is 0 Å². The highest BCUT2D eigenvalue weighted by Crippen LogP contribution is 2.26. The Morgan fingerprint density at radius 2 is 2.12 bits per heavy atom. The maximum absolute atomic E-state index is 12.3. The Morgan fingerprint density at radius 1 is 1.35 bits per heavy atom. The molecule has 17 heavy (non-hydrogen) atoms. The summed E-state index contributed by atoms with van der Waals surface area (Å²) in [6.07, 6.45) is 1.79. The number of hydrogen-bond acceptors (Lipinski definition) is 3. The van der Waals surface area contributed by atoms with Gasteiger partial charge < -0.3 is 5.32 Å². The molecule has 0 aliphatic heterocycles. The molecule has 1 aromatic carbocycles. The summed E-state index contributed by atoms with van der Waals surface area (Å²) in [5, 5.41) is 3.25. The molecule has 1 aromatic rings. The van der Waals surface area contributed by atoms with Crippen LogP contribution in [0.3, 0.4) is 0 Å². The van der Waals surface area contributed by atoms with Gasteiger partial charge >= 0.3 is 0 Å². The van der Waals surface area contributed by atoms with E-state index in [-0.39, 0.29) is 5.78 Å². The van der Waals surface area contributed by atoms with Crippen LogP contribution in [0.4, 0.5) is 0 Å². The maximum Gasteiger partial charge on any atom is 0.191 e. The van der Waals surface area contributed by atoms with Crippen molar-refractivity contribution in [1.29, 1.82) is 0 Å². The number of nitrogens with one attached hydrogen (secondary N) is 1. The van der Waals surface area contributed by atoms with Gasteiger partial charge in [0.05, 0.1) is 0 Å². The molecule has 0 atom stereocenters. The van der Waals surface area contributed by atoms with Gasteiger partial charge in [0, 0.05) is 29.1 Å². The molecule has 0 saturated carbocycles. The number of benzene rings is 1. The van der Waals surface area contributed by atoms with Crippen LogP contribution in [0.5, 0.6) is 0 Å². The summed E-state index contributed by atoms with van der Waals surface area (Å²) < 4.78 is 0. The van der Waals surface area contributed by atoms with Gasteiger partial charge in [-0.2, -0.15) is 12.6 Å². The minimum absolute atomic E-state index is 0.177. The van der Waals surface area contributed by atoms with E-state index in [2.05, 4.69) is 17.9 Å². The zero-order chi connectivity index (χ0) is 12.3. The first-order valence-electron chi connectivity index (χ1n) is 5.91.